The molecule has 0 aromatic rings. The fourth-order valence-corrected chi connectivity index (χ4v) is 1.62. The predicted molar refractivity (Wildman–Crippen MR) is 47.5 cm³/mol. The smallest absolute Gasteiger partial charge is 0.0449 e. The monoisotopic (exact) mass is 159 g/mol. The third-order valence-corrected chi connectivity index (χ3v) is 2.22. The third kappa shape index (κ3) is 1.15. The molecule has 12 heavy (non-hydrogen) atoms. The van der Waals surface area contributed by atoms with Gasteiger partial charge < -0.3 is 0 Å². The molecule has 1 atom stereocenters. The van der Waals surface area contributed by atoms with Crippen LogP contribution in [0.5, 0.6) is 0 Å². The Morgan fingerprint density at radius 3 is 3.33 bits per heavy atom. The lowest BCUT2D eigenvalue weighted by molar-refractivity contribution is 0.656. The molecule has 0 radical (unpaired) electrons. The maximum absolute atomic E-state index is 8.26. The number of azide groups is 1. The van der Waals surface area contributed by atoms with Gasteiger partial charge in [-0.15, -0.1) is 0 Å². The van der Waals surface area contributed by atoms with Gasteiger partial charge in [0.25, 0.3) is 0 Å². The van der Waals surface area contributed by atoms with Gasteiger partial charge in [0, 0.05) is 11.0 Å². The summed E-state index contributed by atoms with van der Waals surface area (Å²) in [4.78, 5) is 2.82. The van der Waals surface area contributed by atoms with E-state index < -0.39 is 0 Å². The van der Waals surface area contributed by atoms with E-state index in [9.17, 15) is 0 Å². The average Bonchev–Trinajstić information content (AvgIpc) is 2.51. The molecule has 0 aromatic carbocycles. The molecular weight excluding hydrogens is 150 g/mol. The topological polar surface area (TPSA) is 48.8 Å². The Kier molecular flexibility index (Phi) is 1.72. The molecule has 3 nitrogen and oxygen atoms in total. The molecule has 2 aliphatic carbocycles. The van der Waals surface area contributed by atoms with Gasteiger partial charge in [0.15, 0.2) is 0 Å². The SMILES string of the molecule is [N-]=[N+]=NC1CC=C2C=CC=C2C1. The highest BCUT2D eigenvalue weighted by molar-refractivity contribution is 5.50. The number of hydrogen-bond donors (Lipinski definition) is 0. The van der Waals surface area contributed by atoms with E-state index in [0.29, 0.717) is 0 Å². The van der Waals surface area contributed by atoms with E-state index in [1.807, 2.05) is 6.08 Å². The first kappa shape index (κ1) is 7.19. The summed E-state index contributed by atoms with van der Waals surface area (Å²) in [6.07, 6.45) is 10.1. The van der Waals surface area contributed by atoms with Crippen LogP contribution in [0.15, 0.2) is 40.6 Å². The zero-order valence-electron chi connectivity index (χ0n) is 6.64. The Bertz CT molecular complexity index is 330. The lowest BCUT2D eigenvalue weighted by Gasteiger charge is -2.16. The van der Waals surface area contributed by atoms with Crippen LogP contribution >= 0.6 is 0 Å². The maximum atomic E-state index is 8.26. The summed E-state index contributed by atoms with van der Waals surface area (Å²) in [6, 6.07) is 0.130. The van der Waals surface area contributed by atoms with Crippen LogP contribution in [0, 0.1) is 0 Å². The Morgan fingerprint density at radius 2 is 2.50 bits per heavy atom. The zero-order chi connectivity index (χ0) is 8.39. The molecule has 2 aliphatic rings. The standard InChI is InChI=1S/C9H9N3/c10-12-11-9-5-4-7-2-1-3-8(7)6-9/h1-4,9H,5-6H2. The lowest BCUT2D eigenvalue weighted by Crippen LogP contribution is -2.08. The molecule has 0 saturated carbocycles. The molecular formula is C9H9N3. The number of allylic oxidation sites excluding steroid dienone is 4. The Morgan fingerprint density at radius 1 is 1.58 bits per heavy atom. The maximum Gasteiger partial charge on any atom is 0.0449 e. The summed E-state index contributed by atoms with van der Waals surface area (Å²) in [6.45, 7) is 0. The van der Waals surface area contributed by atoms with E-state index >= 15 is 0 Å². The van der Waals surface area contributed by atoms with E-state index in [0.717, 1.165) is 12.8 Å². The van der Waals surface area contributed by atoms with Gasteiger partial charge in [-0.2, -0.15) is 0 Å². The summed E-state index contributed by atoms with van der Waals surface area (Å²) >= 11 is 0. The van der Waals surface area contributed by atoms with Gasteiger partial charge in [0.05, 0.1) is 0 Å². The Hall–Kier alpha value is -1.47. The zero-order valence-corrected chi connectivity index (χ0v) is 6.64. The second-order valence-corrected chi connectivity index (χ2v) is 3.01. The molecule has 0 heterocycles. The minimum atomic E-state index is 0.130. The van der Waals surface area contributed by atoms with Crippen LogP contribution in [0.3, 0.4) is 0 Å². The molecule has 0 spiro atoms. The number of rotatable bonds is 1. The second kappa shape index (κ2) is 2.88. The van der Waals surface area contributed by atoms with Gasteiger partial charge in [-0.25, -0.2) is 0 Å². The Balaban J connectivity index is 2.20. The fourth-order valence-electron chi connectivity index (χ4n) is 1.62. The fraction of sp³-hybridized carbons (Fsp3) is 0.333. The second-order valence-electron chi connectivity index (χ2n) is 3.01. The number of nitrogens with zero attached hydrogens (tertiary/aromatic N) is 3. The lowest BCUT2D eigenvalue weighted by atomic mass is 9.93. The summed E-state index contributed by atoms with van der Waals surface area (Å²) < 4.78 is 0. The van der Waals surface area contributed by atoms with E-state index in [1.165, 1.54) is 11.1 Å². The van der Waals surface area contributed by atoms with Crippen LogP contribution in [0.25, 0.3) is 10.4 Å². The first-order valence-corrected chi connectivity index (χ1v) is 4.02. The van der Waals surface area contributed by atoms with Crippen molar-refractivity contribution in [3.8, 4) is 0 Å². The van der Waals surface area contributed by atoms with Crippen LogP contribution in [0.4, 0.5) is 0 Å². The molecule has 0 amide bonds. The van der Waals surface area contributed by atoms with E-state index in [-0.39, 0.29) is 6.04 Å². The minimum absolute atomic E-state index is 0.130. The highest BCUT2D eigenvalue weighted by Gasteiger charge is 2.17. The molecule has 0 N–H and O–H groups in total. The van der Waals surface area contributed by atoms with Crippen molar-refractivity contribution in [2.45, 2.75) is 18.9 Å². The summed E-state index contributed by atoms with van der Waals surface area (Å²) in [5.41, 5.74) is 10.9. The van der Waals surface area contributed by atoms with Crippen molar-refractivity contribution in [3.63, 3.8) is 0 Å². The van der Waals surface area contributed by atoms with Crippen LogP contribution in [-0.4, -0.2) is 6.04 Å². The first-order chi connectivity index (χ1) is 5.90. The van der Waals surface area contributed by atoms with E-state index in [4.69, 9.17) is 5.53 Å². The van der Waals surface area contributed by atoms with Crippen molar-refractivity contribution in [3.05, 3.63) is 45.9 Å². The van der Waals surface area contributed by atoms with Crippen molar-refractivity contribution >= 4 is 0 Å². The van der Waals surface area contributed by atoms with Crippen molar-refractivity contribution in [1.82, 2.24) is 0 Å². The molecule has 3 heteroatoms. The summed E-state index contributed by atoms with van der Waals surface area (Å²) in [7, 11) is 0. The van der Waals surface area contributed by atoms with Gasteiger partial charge in [-0.05, 0) is 29.5 Å². The van der Waals surface area contributed by atoms with Gasteiger partial charge in [0.2, 0.25) is 0 Å². The largest absolute Gasteiger partial charge is 0.0900 e. The van der Waals surface area contributed by atoms with Gasteiger partial charge in [0.1, 0.15) is 0 Å². The van der Waals surface area contributed by atoms with Gasteiger partial charge >= 0.3 is 0 Å². The summed E-state index contributed by atoms with van der Waals surface area (Å²) in [5, 5.41) is 3.71. The van der Waals surface area contributed by atoms with Crippen molar-refractivity contribution < 1.29 is 0 Å². The van der Waals surface area contributed by atoms with Crippen LogP contribution in [0.1, 0.15) is 12.8 Å². The van der Waals surface area contributed by atoms with Crippen LogP contribution in [0.2, 0.25) is 0 Å². The van der Waals surface area contributed by atoms with Crippen LogP contribution in [-0.2, 0) is 0 Å². The molecule has 60 valence electrons. The molecule has 0 aromatic heterocycles. The van der Waals surface area contributed by atoms with Gasteiger partial charge in [-0.1, -0.05) is 29.4 Å². The molecule has 1 unspecified atom stereocenters. The number of fused-ring (bicyclic) bond motifs is 1. The Labute approximate surface area is 70.7 Å². The predicted octanol–water partition coefficient (Wildman–Crippen LogP) is 2.88. The molecule has 2 rings (SSSR count). The first-order valence-electron chi connectivity index (χ1n) is 4.02. The third-order valence-electron chi connectivity index (χ3n) is 2.22. The molecule has 0 aliphatic heterocycles. The minimum Gasteiger partial charge on any atom is -0.0900 e. The molecule has 0 bridgehead atoms. The average molecular weight is 159 g/mol. The van der Waals surface area contributed by atoms with Crippen molar-refractivity contribution in [2.75, 3.05) is 0 Å². The molecule has 0 fully saturated rings. The highest BCUT2D eigenvalue weighted by atomic mass is 15.1. The van der Waals surface area contributed by atoms with E-state index in [2.05, 4.69) is 28.3 Å². The quantitative estimate of drug-likeness (QED) is 0.321. The normalized spacial score (nSPS) is 25.5. The van der Waals surface area contributed by atoms with Crippen LogP contribution < -0.4 is 0 Å². The van der Waals surface area contributed by atoms with Crippen molar-refractivity contribution in [2.24, 2.45) is 5.11 Å². The van der Waals surface area contributed by atoms with E-state index in [1.54, 1.807) is 0 Å². The van der Waals surface area contributed by atoms with Crippen molar-refractivity contribution in [1.29, 1.82) is 0 Å². The summed E-state index contributed by atoms with van der Waals surface area (Å²) in [5.74, 6) is 0. The van der Waals surface area contributed by atoms with Gasteiger partial charge in [-0.3, -0.25) is 0 Å². The molecule has 0 saturated heterocycles. The number of hydrogen-bond acceptors (Lipinski definition) is 1. The highest BCUT2D eigenvalue weighted by Crippen LogP contribution is 2.30.